The molecule has 0 saturated carbocycles. The molecule has 0 aliphatic carbocycles. The van der Waals surface area contributed by atoms with E-state index in [0.717, 1.165) is 0 Å². The van der Waals surface area contributed by atoms with Crippen LogP contribution < -0.4 is 40.4 Å². The van der Waals surface area contributed by atoms with Crippen LogP contribution in [-0.2, 0) is 18.4 Å². The number of hydrazine groups is 3. The highest BCUT2D eigenvalue weighted by atomic mass is 31.2. The Morgan fingerprint density at radius 1 is 0.917 bits per heavy atom. The lowest BCUT2D eigenvalue weighted by Crippen LogP contribution is -2.31. The summed E-state index contributed by atoms with van der Waals surface area (Å²) < 4.78 is 23.1. The average molecular weight is 205 g/mol. The molecule has 0 rings (SSSR count). The molecule has 0 aromatic rings. The third-order valence-corrected chi connectivity index (χ3v) is 1.48. The van der Waals surface area contributed by atoms with Crippen molar-refractivity contribution in [2.24, 2.45) is 17.5 Å². The predicted octanol–water partition coefficient (Wildman–Crippen LogP) is -2.56. The van der Waals surface area contributed by atoms with Gasteiger partial charge in [-0.05, 0) is 0 Å². The highest BCUT2D eigenvalue weighted by molar-refractivity contribution is 7.48. The Bertz CT molecular complexity index is 114. The van der Waals surface area contributed by atoms with E-state index in [4.69, 9.17) is 0 Å². The zero-order valence-corrected chi connectivity index (χ0v) is 6.91. The first-order valence-corrected chi connectivity index (χ1v) is 3.67. The van der Waals surface area contributed by atoms with Crippen molar-refractivity contribution in [1.29, 1.82) is 0 Å². The molecule has 0 heterocycles. The van der Waals surface area contributed by atoms with Crippen molar-refractivity contribution in [3.63, 3.8) is 0 Å². The Morgan fingerprint density at radius 3 is 1.33 bits per heavy atom. The van der Waals surface area contributed by atoms with Gasteiger partial charge in [0.1, 0.15) is 0 Å². The van der Waals surface area contributed by atoms with Crippen LogP contribution in [-0.4, -0.2) is 0 Å². The van der Waals surface area contributed by atoms with Crippen LogP contribution in [0.4, 0.5) is 0 Å². The van der Waals surface area contributed by atoms with E-state index < -0.39 is 7.82 Å². The molecule has 0 aromatic carbocycles. The molecule has 0 radical (unpaired) electrons. The molecule has 11 nitrogen and oxygen atoms in total. The second kappa shape index (κ2) is 7.48. The Kier molecular flexibility index (Phi) is 8.95. The molecule has 0 bridgehead atoms. The molecule has 0 spiro atoms. The molecule has 0 aliphatic rings. The molecule has 76 valence electrons. The zero-order chi connectivity index (χ0) is 8.74. The van der Waals surface area contributed by atoms with E-state index in [0.29, 0.717) is 0 Å². The molecular weight excluding hydrogens is 193 g/mol. The fourth-order valence-corrected chi connectivity index (χ4v) is 0.749. The van der Waals surface area contributed by atoms with Crippen molar-refractivity contribution in [3.05, 3.63) is 0 Å². The van der Waals surface area contributed by atoms with Crippen LogP contribution in [0, 0.1) is 0 Å². The minimum atomic E-state index is -3.93. The highest BCUT2D eigenvalue weighted by Crippen LogP contribution is 2.45. The van der Waals surface area contributed by atoms with Gasteiger partial charge < -0.3 is 6.15 Å². The monoisotopic (exact) mass is 205 g/mol. The molecule has 0 aromatic heterocycles. The van der Waals surface area contributed by atoms with E-state index in [1.54, 1.807) is 16.8 Å². The van der Waals surface area contributed by atoms with E-state index >= 15 is 0 Å². The van der Waals surface area contributed by atoms with Crippen molar-refractivity contribution >= 4 is 7.82 Å². The fourth-order valence-electron chi connectivity index (χ4n) is 0.250. The molecule has 12 N–H and O–H groups in total. The second-order valence-corrected chi connectivity index (χ2v) is 2.52. The van der Waals surface area contributed by atoms with Crippen molar-refractivity contribution in [3.8, 4) is 0 Å². The first-order chi connectivity index (χ1) is 5.18. The van der Waals surface area contributed by atoms with Gasteiger partial charge in [-0.3, -0.25) is 0 Å². The van der Waals surface area contributed by atoms with Crippen LogP contribution >= 0.6 is 7.82 Å². The number of rotatable bonds is 6. The summed E-state index contributed by atoms with van der Waals surface area (Å²) in [5.74, 6) is 13.9. The van der Waals surface area contributed by atoms with Crippen molar-refractivity contribution in [1.82, 2.24) is 22.9 Å². The Morgan fingerprint density at radius 2 is 1.17 bits per heavy atom. The molecule has 0 unspecified atom stereocenters. The molecule has 12 heteroatoms. The van der Waals surface area contributed by atoms with Gasteiger partial charge >= 0.3 is 7.82 Å². The van der Waals surface area contributed by atoms with Crippen LogP contribution in [0.3, 0.4) is 0 Å². The molecular formula is H12N7O4P. The van der Waals surface area contributed by atoms with Crippen LogP contribution in [0.1, 0.15) is 0 Å². The minimum Gasteiger partial charge on any atom is -0.344 e. The highest BCUT2D eigenvalue weighted by Gasteiger charge is 2.27. The fraction of sp³-hybridized carbons (Fsp3) is 0. The normalized spacial score (nSPS) is 10.9. The maximum Gasteiger partial charge on any atom is 0.528 e. The predicted molar refractivity (Wildman–Crippen MR) is 37.9 cm³/mol. The maximum absolute atomic E-state index is 10.9. The summed E-state index contributed by atoms with van der Waals surface area (Å²) >= 11 is 0. The SMILES string of the molecule is N.NNOP(=O)(ONN)ONN. The van der Waals surface area contributed by atoms with Gasteiger partial charge in [0.25, 0.3) is 0 Å². The Hall–Kier alpha value is -0.170. The van der Waals surface area contributed by atoms with Gasteiger partial charge in [-0.25, -0.2) is 22.1 Å². The number of phosphoric acid groups is 1. The van der Waals surface area contributed by atoms with Gasteiger partial charge in [0.05, 0.1) is 0 Å². The van der Waals surface area contributed by atoms with Gasteiger partial charge in [-0.1, -0.05) is 0 Å². The van der Waals surface area contributed by atoms with E-state index in [9.17, 15) is 4.57 Å². The first-order valence-electron chi connectivity index (χ1n) is 2.21. The standard InChI is InChI=1S/H9N6O4P.H3N/c1-4-8-11(7,9-5-2)10-6-3;/h4-6H,1-3H2;1H3. The van der Waals surface area contributed by atoms with Gasteiger partial charge in [-0.2, -0.15) is 13.9 Å². The molecule has 12 heavy (non-hydrogen) atoms. The van der Waals surface area contributed by atoms with Crippen LogP contribution in [0.2, 0.25) is 0 Å². The zero-order valence-electron chi connectivity index (χ0n) is 6.02. The van der Waals surface area contributed by atoms with E-state index in [1.807, 2.05) is 0 Å². The summed E-state index contributed by atoms with van der Waals surface area (Å²) in [5.41, 5.74) is 4.72. The third kappa shape index (κ3) is 5.48. The molecule has 0 saturated heterocycles. The average Bonchev–Trinajstić information content (AvgIpc) is 1.88. The number of hydrogen-bond acceptors (Lipinski definition) is 11. The van der Waals surface area contributed by atoms with Crippen molar-refractivity contribution in [2.45, 2.75) is 0 Å². The smallest absolute Gasteiger partial charge is 0.344 e. The molecule has 0 atom stereocenters. The van der Waals surface area contributed by atoms with Gasteiger partial charge in [0, 0.05) is 0 Å². The molecule has 0 amide bonds. The van der Waals surface area contributed by atoms with Crippen LogP contribution in [0.25, 0.3) is 0 Å². The first kappa shape index (κ1) is 14.4. The molecule has 0 aliphatic heterocycles. The maximum atomic E-state index is 10.9. The lowest BCUT2D eigenvalue weighted by molar-refractivity contribution is 0.0161. The quantitative estimate of drug-likeness (QED) is 0.137. The van der Waals surface area contributed by atoms with Crippen molar-refractivity contribution in [2.75, 3.05) is 0 Å². The third-order valence-electron chi connectivity index (χ3n) is 0.494. The summed E-state index contributed by atoms with van der Waals surface area (Å²) in [6.45, 7) is 0. The summed E-state index contributed by atoms with van der Waals surface area (Å²) in [7, 11) is -3.93. The van der Waals surface area contributed by atoms with Gasteiger partial charge in [0.2, 0.25) is 0 Å². The largest absolute Gasteiger partial charge is 0.528 e. The summed E-state index contributed by atoms with van der Waals surface area (Å²) in [5, 5.41) is 0. The summed E-state index contributed by atoms with van der Waals surface area (Å²) in [4.78, 5) is 0. The van der Waals surface area contributed by atoms with Crippen LogP contribution in [0.5, 0.6) is 0 Å². The Balaban J connectivity index is 0. The Labute approximate surface area is 67.8 Å². The van der Waals surface area contributed by atoms with Crippen molar-refractivity contribution < 1.29 is 18.4 Å². The minimum absolute atomic E-state index is 0. The topological polar surface area (TPSA) is 194 Å². The van der Waals surface area contributed by atoms with Crippen LogP contribution in [0.15, 0.2) is 0 Å². The summed E-state index contributed by atoms with van der Waals surface area (Å²) in [6.07, 6.45) is 0. The van der Waals surface area contributed by atoms with Gasteiger partial charge in [0.15, 0.2) is 0 Å². The number of nitrogens with two attached hydrogens (primary N) is 3. The van der Waals surface area contributed by atoms with E-state index in [-0.39, 0.29) is 6.15 Å². The second-order valence-electron chi connectivity index (χ2n) is 1.07. The van der Waals surface area contributed by atoms with E-state index in [2.05, 4.69) is 31.4 Å². The van der Waals surface area contributed by atoms with E-state index in [1.165, 1.54) is 0 Å². The lowest BCUT2D eigenvalue weighted by Gasteiger charge is -2.12. The van der Waals surface area contributed by atoms with Gasteiger partial charge in [-0.15, -0.1) is 16.8 Å². The number of nitrogens with one attached hydrogen (secondary N) is 3. The number of hydrogen-bond donors (Lipinski definition) is 7. The summed E-state index contributed by atoms with van der Waals surface area (Å²) in [6, 6.07) is 0. The molecule has 0 fully saturated rings. The lowest BCUT2D eigenvalue weighted by atomic mass is 12.8.